The number of amides is 1. The molecule has 0 fully saturated rings. The normalized spacial score (nSPS) is 12.7. The van der Waals surface area contributed by atoms with Crippen LogP contribution in [0.5, 0.6) is 0 Å². The van der Waals surface area contributed by atoms with Crippen LogP contribution in [0.3, 0.4) is 0 Å². The van der Waals surface area contributed by atoms with Crippen LogP contribution in [0.2, 0.25) is 0 Å². The maximum absolute atomic E-state index is 13.9. The predicted octanol–water partition coefficient (Wildman–Crippen LogP) is 6.27. The maximum Gasteiger partial charge on any atom is 0.408 e. The molecule has 0 aliphatic rings. The van der Waals surface area contributed by atoms with Crippen molar-refractivity contribution in [2.75, 3.05) is 0 Å². The first-order valence-corrected chi connectivity index (χ1v) is 9.88. The van der Waals surface area contributed by atoms with Crippen molar-refractivity contribution in [1.29, 1.82) is 0 Å². The highest BCUT2D eigenvalue weighted by Gasteiger charge is 2.35. The summed E-state index contributed by atoms with van der Waals surface area (Å²) in [6.07, 6.45) is -1.19. The molecule has 0 saturated heterocycles. The van der Waals surface area contributed by atoms with Gasteiger partial charge in [-0.15, -0.1) is 11.3 Å². The standard InChI is InChI=1S/C19H20BrF2NO3S/c1-19(2,3)23(18(25)26)13(15-9-10-16(20)27-15)7-8-14(24)17-11(21)5-4-6-12(17)22/h4-6,9-10,13H,7-8H2,1-3H3,(H,25,26). The zero-order valence-corrected chi connectivity index (χ0v) is 17.5. The zero-order chi connectivity index (χ0) is 20.4. The van der Waals surface area contributed by atoms with Crippen LogP contribution in [-0.4, -0.2) is 27.4 Å². The summed E-state index contributed by atoms with van der Waals surface area (Å²) < 4.78 is 28.5. The van der Waals surface area contributed by atoms with Gasteiger partial charge in [0.15, 0.2) is 5.78 Å². The molecule has 1 amide bonds. The SMILES string of the molecule is CC(C)(C)N(C(=O)O)C(CCC(=O)c1c(F)cccc1F)c1ccc(Br)s1. The average molecular weight is 460 g/mol. The zero-order valence-electron chi connectivity index (χ0n) is 15.1. The molecule has 0 aliphatic heterocycles. The molecular weight excluding hydrogens is 440 g/mol. The van der Waals surface area contributed by atoms with Gasteiger partial charge in [-0.05, 0) is 67.4 Å². The molecule has 2 rings (SSSR count). The first-order valence-electron chi connectivity index (χ1n) is 8.27. The number of hydrogen-bond acceptors (Lipinski definition) is 3. The minimum absolute atomic E-state index is 0.114. The summed E-state index contributed by atoms with van der Waals surface area (Å²) in [5.74, 6) is -2.52. The van der Waals surface area contributed by atoms with Crippen LogP contribution >= 0.6 is 27.3 Å². The van der Waals surface area contributed by atoms with Crippen LogP contribution in [0, 0.1) is 11.6 Å². The Kier molecular flexibility index (Phi) is 6.75. The molecule has 0 aliphatic carbocycles. The van der Waals surface area contributed by atoms with Gasteiger partial charge in [0.05, 0.1) is 15.4 Å². The fourth-order valence-electron chi connectivity index (χ4n) is 2.95. The monoisotopic (exact) mass is 459 g/mol. The Hall–Kier alpha value is -1.80. The van der Waals surface area contributed by atoms with E-state index in [1.165, 1.54) is 22.3 Å². The van der Waals surface area contributed by atoms with Gasteiger partial charge < -0.3 is 5.11 Å². The molecule has 1 unspecified atom stereocenters. The van der Waals surface area contributed by atoms with Gasteiger partial charge in [0, 0.05) is 16.8 Å². The molecule has 1 aromatic heterocycles. The number of ketones is 1. The lowest BCUT2D eigenvalue weighted by atomic mass is 9.97. The van der Waals surface area contributed by atoms with Crippen molar-refractivity contribution in [2.45, 2.75) is 45.2 Å². The van der Waals surface area contributed by atoms with Crippen molar-refractivity contribution in [2.24, 2.45) is 0 Å². The number of benzene rings is 1. The van der Waals surface area contributed by atoms with E-state index in [9.17, 15) is 23.5 Å². The summed E-state index contributed by atoms with van der Waals surface area (Å²) in [6, 6.07) is 6.23. The molecule has 1 heterocycles. The van der Waals surface area contributed by atoms with Crippen molar-refractivity contribution in [3.05, 3.63) is 56.2 Å². The summed E-state index contributed by atoms with van der Waals surface area (Å²) >= 11 is 4.72. The Labute approximate surface area is 168 Å². The van der Waals surface area contributed by atoms with E-state index in [2.05, 4.69) is 15.9 Å². The number of carboxylic acid groups (broad SMARTS) is 1. The molecule has 1 aromatic carbocycles. The predicted molar refractivity (Wildman–Crippen MR) is 104 cm³/mol. The molecule has 1 N–H and O–H groups in total. The van der Waals surface area contributed by atoms with Gasteiger partial charge in [-0.3, -0.25) is 9.69 Å². The first kappa shape index (κ1) is 21.5. The Morgan fingerprint density at radius 2 is 1.78 bits per heavy atom. The average Bonchev–Trinajstić information content (AvgIpc) is 2.95. The van der Waals surface area contributed by atoms with Gasteiger partial charge in [0.2, 0.25) is 0 Å². The third-order valence-electron chi connectivity index (χ3n) is 4.05. The first-order chi connectivity index (χ1) is 12.5. The highest BCUT2D eigenvalue weighted by molar-refractivity contribution is 9.11. The topological polar surface area (TPSA) is 57.6 Å². The van der Waals surface area contributed by atoms with E-state index in [4.69, 9.17) is 0 Å². The Morgan fingerprint density at radius 3 is 2.22 bits per heavy atom. The van der Waals surface area contributed by atoms with Gasteiger partial charge >= 0.3 is 6.09 Å². The molecule has 0 bridgehead atoms. The van der Waals surface area contributed by atoms with E-state index >= 15 is 0 Å². The van der Waals surface area contributed by atoms with Gasteiger partial charge in [-0.2, -0.15) is 0 Å². The van der Waals surface area contributed by atoms with Crippen molar-refractivity contribution in [1.82, 2.24) is 4.90 Å². The molecule has 8 heteroatoms. The minimum atomic E-state index is -1.12. The van der Waals surface area contributed by atoms with Crippen LogP contribution in [0.15, 0.2) is 34.1 Å². The minimum Gasteiger partial charge on any atom is -0.465 e. The smallest absolute Gasteiger partial charge is 0.408 e. The number of hydrogen-bond donors (Lipinski definition) is 1. The largest absolute Gasteiger partial charge is 0.465 e. The number of nitrogens with zero attached hydrogens (tertiary/aromatic N) is 1. The van der Waals surface area contributed by atoms with Crippen LogP contribution in [0.4, 0.5) is 13.6 Å². The molecule has 2 aromatic rings. The molecule has 146 valence electrons. The van der Waals surface area contributed by atoms with E-state index in [1.54, 1.807) is 32.9 Å². The number of carbonyl (C=O) groups excluding carboxylic acids is 1. The van der Waals surface area contributed by atoms with E-state index in [0.29, 0.717) is 0 Å². The second kappa shape index (κ2) is 8.48. The summed E-state index contributed by atoms with van der Waals surface area (Å²) in [6.45, 7) is 5.28. The lowest BCUT2D eigenvalue weighted by Crippen LogP contribution is -2.47. The van der Waals surface area contributed by atoms with E-state index in [0.717, 1.165) is 20.8 Å². The third-order valence-corrected chi connectivity index (χ3v) is 5.77. The molecule has 27 heavy (non-hydrogen) atoms. The van der Waals surface area contributed by atoms with Crippen LogP contribution < -0.4 is 0 Å². The van der Waals surface area contributed by atoms with Crippen molar-refractivity contribution >= 4 is 39.1 Å². The van der Waals surface area contributed by atoms with E-state index < -0.39 is 40.7 Å². The van der Waals surface area contributed by atoms with Gasteiger partial charge in [0.1, 0.15) is 11.6 Å². The van der Waals surface area contributed by atoms with Gasteiger partial charge in [-0.25, -0.2) is 13.6 Å². The summed E-state index contributed by atoms with van der Waals surface area (Å²) in [7, 11) is 0. The number of thiophene rings is 1. The second-order valence-electron chi connectivity index (χ2n) is 7.04. The number of halogens is 3. The maximum atomic E-state index is 13.9. The molecule has 0 spiro atoms. The van der Waals surface area contributed by atoms with Crippen molar-refractivity contribution < 1.29 is 23.5 Å². The molecule has 4 nitrogen and oxygen atoms in total. The molecular formula is C19H20BrF2NO3S. The summed E-state index contributed by atoms with van der Waals surface area (Å²) in [4.78, 5) is 26.3. The highest BCUT2D eigenvalue weighted by Crippen LogP contribution is 2.37. The lowest BCUT2D eigenvalue weighted by Gasteiger charge is -2.39. The van der Waals surface area contributed by atoms with Gasteiger partial charge in [0.25, 0.3) is 0 Å². The van der Waals surface area contributed by atoms with Crippen LogP contribution in [0.25, 0.3) is 0 Å². The van der Waals surface area contributed by atoms with E-state index in [1.807, 2.05) is 0 Å². The highest BCUT2D eigenvalue weighted by atomic mass is 79.9. The van der Waals surface area contributed by atoms with Crippen LogP contribution in [0.1, 0.15) is 54.9 Å². The Morgan fingerprint density at radius 1 is 1.19 bits per heavy atom. The quantitative estimate of drug-likeness (QED) is 0.517. The fourth-order valence-corrected chi connectivity index (χ4v) is 4.50. The number of carbonyl (C=O) groups is 2. The Balaban J connectivity index is 2.32. The summed E-state index contributed by atoms with van der Waals surface area (Å²) in [5, 5.41) is 9.73. The lowest BCUT2D eigenvalue weighted by molar-refractivity contribution is 0.0647. The second-order valence-corrected chi connectivity index (χ2v) is 9.53. The Bertz CT molecular complexity index is 827. The van der Waals surface area contributed by atoms with E-state index in [-0.39, 0.29) is 12.8 Å². The molecule has 0 saturated carbocycles. The summed E-state index contributed by atoms with van der Waals surface area (Å²) in [5.41, 5.74) is -1.31. The van der Waals surface area contributed by atoms with Crippen molar-refractivity contribution in [3.63, 3.8) is 0 Å². The van der Waals surface area contributed by atoms with Crippen LogP contribution in [-0.2, 0) is 0 Å². The fraction of sp³-hybridized carbons (Fsp3) is 0.368. The van der Waals surface area contributed by atoms with Crippen molar-refractivity contribution in [3.8, 4) is 0 Å². The molecule has 0 radical (unpaired) electrons. The molecule has 1 atom stereocenters. The van der Waals surface area contributed by atoms with Gasteiger partial charge in [-0.1, -0.05) is 6.07 Å². The number of Topliss-reactive ketones (excluding diaryl/α,β-unsaturated/α-hetero) is 1. The number of rotatable bonds is 6. The third kappa shape index (κ3) is 5.13.